The number of benzene rings is 1. The Labute approximate surface area is 221 Å². The Balaban J connectivity index is 1.79. The van der Waals surface area contributed by atoms with E-state index in [1.807, 2.05) is 13.0 Å². The lowest BCUT2D eigenvalue weighted by molar-refractivity contribution is -0.156. The van der Waals surface area contributed by atoms with E-state index in [1.54, 1.807) is 33.0 Å². The molecular weight excluding hydrogens is 515 g/mol. The molecule has 0 aliphatic heterocycles. The third-order valence-electron chi connectivity index (χ3n) is 5.84. The zero-order valence-corrected chi connectivity index (χ0v) is 21.8. The molecule has 0 unspecified atom stereocenters. The zero-order chi connectivity index (χ0) is 28.5. The van der Waals surface area contributed by atoms with Crippen molar-refractivity contribution in [3.8, 4) is 17.5 Å². The van der Waals surface area contributed by atoms with E-state index in [4.69, 9.17) is 4.74 Å². The molecule has 0 radical (unpaired) electrons. The fraction of sp³-hybridized carbons (Fsp3) is 0.385. The Bertz CT molecular complexity index is 1640. The fourth-order valence-corrected chi connectivity index (χ4v) is 3.91. The van der Waals surface area contributed by atoms with Crippen molar-refractivity contribution in [1.82, 2.24) is 28.9 Å². The fourth-order valence-electron chi connectivity index (χ4n) is 3.91. The summed E-state index contributed by atoms with van der Waals surface area (Å²) in [4.78, 5) is 34.6. The number of ether oxygens (including phenoxy) is 1. The molecule has 204 valence electrons. The molecule has 0 fully saturated rings. The molecule has 3 heterocycles. The van der Waals surface area contributed by atoms with Gasteiger partial charge in [-0.05, 0) is 44.9 Å². The van der Waals surface area contributed by atoms with Crippen molar-refractivity contribution < 1.29 is 22.7 Å². The van der Waals surface area contributed by atoms with Crippen molar-refractivity contribution in [2.45, 2.75) is 60.1 Å². The van der Waals surface area contributed by atoms with E-state index in [9.17, 15) is 28.0 Å². The summed E-state index contributed by atoms with van der Waals surface area (Å²) in [6.45, 7) is 6.87. The van der Waals surface area contributed by atoms with Crippen LogP contribution >= 0.6 is 0 Å². The lowest BCUT2D eigenvalue weighted by atomic mass is 9.98. The second-order valence-electron chi connectivity index (χ2n) is 9.98. The van der Waals surface area contributed by atoms with Gasteiger partial charge < -0.3 is 4.74 Å². The van der Waals surface area contributed by atoms with Crippen molar-refractivity contribution in [2.75, 3.05) is 0 Å². The van der Waals surface area contributed by atoms with Crippen LogP contribution in [0.1, 0.15) is 51.1 Å². The van der Waals surface area contributed by atoms with E-state index in [0.29, 0.717) is 17.5 Å². The van der Waals surface area contributed by atoms with Crippen LogP contribution in [-0.2, 0) is 35.5 Å². The van der Waals surface area contributed by atoms with Crippen LogP contribution < -0.4 is 5.56 Å². The molecule has 4 aromatic rings. The Morgan fingerprint density at radius 1 is 1.15 bits per heavy atom. The van der Waals surface area contributed by atoms with Crippen LogP contribution in [0.15, 0.2) is 41.5 Å². The summed E-state index contributed by atoms with van der Waals surface area (Å²) >= 11 is 0. The first-order chi connectivity index (χ1) is 18.3. The molecule has 4 rings (SSSR count). The molecule has 0 bridgehead atoms. The average molecular weight is 542 g/mol. The summed E-state index contributed by atoms with van der Waals surface area (Å²) in [5, 5.41) is 13.8. The predicted octanol–water partition coefficient (Wildman–Crippen LogP) is 4.35. The third kappa shape index (κ3) is 5.69. The number of esters is 1. The number of imidazole rings is 1. The SMILES string of the molecule is CCCn1c(C#N)nc2nc(-c3cnn(Cc4cccc(C(F)(F)F)c4)c3)n(COC(=O)C(C)(C)C)c2c1=O. The van der Waals surface area contributed by atoms with Gasteiger partial charge in [0.05, 0.1) is 29.3 Å². The lowest BCUT2D eigenvalue weighted by Gasteiger charge is -2.17. The Morgan fingerprint density at radius 2 is 1.90 bits per heavy atom. The van der Waals surface area contributed by atoms with Gasteiger partial charge in [-0.1, -0.05) is 19.1 Å². The molecule has 39 heavy (non-hydrogen) atoms. The Morgan fingerprint density at radius 3 is 2.54 bits per heavy atom. The summed E-state index contributed by atoms with van der Waals surface area (Å²) in [6.07, 6.45) is -0.906. The van der Waals surface area contributed by atoms with Gasteiger partial charge in [-0.2, -0.15) is 28.5 Å². The van der Waals surface area contributed by atoms with Gasteiger partial charge in [-0.15, -0.1) is 0 Å². The molecule has 13 heteroatoms. The molecule has 0 N–H and O–H groups in total. The number of hydrogen-bond acceptors (Lipinski definition) is 7. The predicted molar refractivity (Wildman–Crippen MR) is 134 cm³/mol. The Hall–Kier alpha value is -4.47. The molecule has 0 saturated carbocycles. The van der Waals surface area contributed by atoms with Gasteiger partial charge in [0, 0.05) is 12.7 Å². The van der Waals surface area contributed by atoms with E-state index < -0.39 is 28.7 Å². The summed E-state index contributed by atoms with van der Waals surface area (Å²) in [5.74, 6) is -0.409. The largest absolute Gasteiger partial charge is 0.443 e. The van der Waals surface area contributed by atoms with Gasteiger partial charge in [0.1, 0.15) is 11.9 Å². The normalized spacial score (nSPS) is 12.1. The highest BCUT2D eigenvalue weighted by Crippen LogP contribution is 2.30. The van der Waals surface area contributed by atoms with E-state index >= 15 is 0 Å². The number of nitrogens with zero attached hydrogens (tertiary/aromatic N) is 7. The first-order valence-electron chi connectivity index (χ1n) is 12.1. The number of halogens is 3. The van der Waals surface area contributed by atoms with E-state index in [1.165, 1.54) is 26.1 Å². The van der Waals surface area contributed by atoms with Crippen LogP contribution in [-0.4, -0.2) is 34.9 Å². The molecule has 0 saturated heterocycles. The maximum Gasteiger partial charge on any atom is 0.416 e. The number of carbonyl (C=O) groups is 1. The van der Waals surface area contributed by atoms with Crippen LogP contribution in [0.2, 0.25) is 0 Å². The number of rotatable bonds is 7. The van der Waals surface area contributed by atoms with E-state index in [2.05, 4.69) is 15.1 Å². The summed E-state index contributed by atoms with van der Waals surface area (Å²) in [7, 11) is 0. The third-order valence-corrected chi connectivity index (χ3v) is 5.84. The van der Waals surface area contributed by atoms with Gasteiger partial charge in [-0.25, -0.2) is 4.98 Å². The van der Waals surface area contributed by atoms with Crippen molar-refractivity contribution in [1.29, 1.82) is 5.26 Å². The molecule has 0 aliphatic carbocycles. The topological polar surface area (TPSA) is 121 Å². The van der Waals surface area contributed by atoms with Crippen LogP contribution in [0.25, 0.3) is 22.6 Å². The van der Waals surface area contributed by atoms with Crippen molar-refractivity contribution >= 4 is 17.1 Å². The summed E-state index contributed by atoms with van der Waals surface area (Å²) in [5.41, 5.74) is -1.25. The number of alkyl halides is 3. The monoisotopic (exact) mass is 541 g/mol. The highest BCUT2D eigenvalue weighted by molar-refractivity contribution is 5.78. The quantitative estimate of drug-likeness (QED) is 0.319. The second-order valence-corrected chi connectivity index (χ2v) is 9.98. The molecule has 10 nitrogen and oxygen atoms in total. The number of fused-ring (bicyclic) bond motifs is 1. The van der Waals surface area contributed by atoms with Gasteiger partial charge in [0.25, 0.3) is 5.56 Å². The minimum Gasteiger partial charge on any atom is -0.443 e. The maximum atomic E-state index is 13.4. The van der Waals surface area contributed by atoms with Gasteiger partial charge in [0.15, 0.2) is 17.9 Å². The van der Waals surface area contributed by atoms with Gasteiger partial charge >= 0.3 is 12.1 Å². The molecule has 0 amide bonds. The highest BCUT2D eigenvalue weighted by atomic mass is 19.4. The van der Waals surface area contributed by atoms with Crippen molar-refractivity contribution in [3.05, 3.63) is 64.0 Å². The standard InChI is InChI=1S/C26H26F3N7O3/c1-5-9-35-19(11-30)32-21-20(23(35)37)36(15-39-24(38)25(2,3)4)22(33-21)17-12-31-34(14-17)13-16-7-6-8-18(10-16)26(27,28)29/h6-8,10,12,14H,5,9,13,15H2,1-4H3. The molecule has 0 aliphatic rings. The molecular formula is C26H26F3N7O3. The number of hydrogen-bond donors (Lipinski definition) is 0. The van der Waals surface area contributed by atoms with Gasteiger partial charge in [0.2, 0.25) is 5.82 Å². The van der Waals surface area contributed by atoms with Crippen LogP contribution in [0, 0.1) is 16.7 Å². The maximum absolute atomic E-state index is 13.4. The minimum atomic E-state index is -4.47. The number of aromatic nitrogens is 6. The summed E-state index contributed by atoms with van der Waals surface area (Å²) < 4.78 is 48.9. The lowest BCUT2D eigenvalue weighted by Crippen LogP contribution is -2.27. The van der Waals surface area contributed by atoms with Crippen LogP contribution in [0.5, 0.6) is 0 Å². The zero-order valence-electron chi connectivity index (χ0n) is 21.8. The van der Waals surface area contributed by atoms with Gasteiger partial charge in [-0.3, -0.25) is 23.4 Å². The molecule has 0 spiro atoms. The number of carbonyl (C=O) groups excluding carboxylic acids is 1. The molecule has 3 aromatic heterocycles. The smallest absolute Gasteiger partial charge is 0.416 e. The number of nitriles is 1. The van der Waals surface area contributed by atoms with Crippen molar-refractivity contribution in [3.63, 3.8) is 0 Å². The average Bonchev–Trinajstić information content (AvgIpc) is 3.47. The highest BCUT2D eigenvalue weighted by Gasteiger charge is 2.30. The minimum absolute atomic E-state index is 0.00339. The first-order valence-corrected chi connectivity index (χ1v) is 12.1. The summed E-state index contributed by atoms with van der Waals surface area (Å²) in [6, 6.07) is 6.84. The first kappa shape index (κ1) is 27.6. The van der Waals surface area contributed by atoms with E-state index in [0.717, 1.165) is 12.1 Å². The molecule has 1 aromatic carbocycles. The Kier molecular flexibility index (Phi) is 7.32. The molecule has 0 atom stereocenters. The van der Waals surface area contributed by atoms with Crippen molar-refractivity contribution in [2.24, 2.45) is 5.41 Å². The second kappa shape index (κ2) is 10.4. The van der Waals surface area contributed by atoms with Crippen LogP contribution in [0.3, 0.4) is 0 Å². The van der Waals surface area contributed by atoms with Crippen LogP contribution in [0.4, 0.5) is 13.2 Å². The van der Waals surface area contributed by atoms with E-state index in [-0.39, 0.29) is 42.6 Å².